The minimum atomic E-state index is -0.367. The van der Waals surface area contributed by atoms with E-state index in [4.69, 9.17) is 8.83 Å². The van der Waals surface area contributed by atoms with Gasteiger partial charge in [0.25, 0.3) is 0 Å². The molecule has 3 heterocycles. The first kappa shape index (κ1) is 16.1. The molecule has 0 fully saturated rings. The number of benzene rings is 2. The molecule has 2 aromatic carbocycles. The number of hydrogen-bond donors (Lipinski definition) is 0. The molecule has 0 N–H and O–H groups in total. The van der Waals surface area contributed by atoms with Crippen molar-refractivity contribution in [1.82, 2.24) is 4.58 Å². The number of hydrogen-bond acceptors (Lipinski definition) is 4. The number of rotatable bonds is 0. The van der Waals surface area contributed by atoms with E-state index in [9.17, 15) is 4.79 Å². The maximum atomic E-state index is 12.6. The fourth-order valence-electron chi connectivity index (χ4n) is 3.97. The first-order valence-electron chi connectivity index (χ1n) is 9.20. The second kappa shape index (κ2) is 5.71. The average molecular weight is 361 g/mol. The molecular formula is C22H21N2O3+. The molecule has 0 spiro atoms. The average Bonchev–Trinajstić information content (AvgIpc) is 2.65. The van der Waals surface area contributed by atoms with Crippen LogP contribution in [-0.2, 0) is 6.42 Å². The van der Waals surface area contributed by atoms with Gasteiger partial charge in [-0.1, -0.05) is 0 Å². The molecule has 2 aromatic heterocycles. The normalized spacial score (nSPS) is 14.1. The largest absolute Gasteiger partial charge is 0.455 e. The van der Waals surface area contributed by atoms with Gasteiger partial charge in [0.2, 0.25) is 5.36 Å². The Morgan fingerprint density at radius 3 is 2.67 bits per heavy atom. The third-order valence-corrected chi connectivity index (χ3v) is 5.47. The topological polar surface area (TPSA) is 49.6 Å². The highest BCUT2D eigenvalue weighted by molar-refractivity contribution is 6.03. The van der Waals surface area contributed by atoms with Crippen molar-refractivity contribution in [2.24, 2.45) is 0 Å². The Morgan fingerprint density at radius 2 is 1.85 bits per heavy atom. The first-order valence-corrected chi connectivity index (χ1v) is 9.20. The summed E-state index contributed by atoms with van der Waals surface area (Å²) < 4.78 is 13.8. The van der Waals surface area contributed by atoms with Crippen molar-refractivity contribution >= 4 is 38.6 Å². The van der Waals surface area contributed by atoms with Gasteiger partial charge in [0.1, 0.15) is 30.6 Å². The number of fused-ring (bicyclic) bond motifs is 5. The maximum absolute atomic E-state index is 12.6. The Morgan fingerprint density at radius 1 is 1.00 bits per heavy atom. The smallest absolute Gasteiger partial charge is 0.347 e. The molecule has 0 radical (unpaired) electrons. The van der Waals surface area contributed by atoms with Gasteiger partial charge in [-0.3, -0.25) is 0 Å². The van der Waals surface area contributed by atoms with Crippen molar-refractivity contribution in [1.29, 1.82) is 0 Å². The molecule has 0 amide bonds. The van der Waals surface area contributed by atoms with Crippen molar-refractivity contribution in [3.63, 3.8) is 0 Å². The van der Waals surface area contributed by atoms with Crippen LogP contribution in [0, 0.1) is 0 Å². The Kier molecular flexibility index (Phi) is 3.41. The first-order chi connectivity index (χ1) is 13.0. The predicted octanol–water partition coefficient (Wildman–Crippen LogP) is 3.11. The van der Waals surface area contributed by atoms with E-state index in [1.165, 1.54) is 11.3 Å². The van der Waals surface area contributed by atoms with E-state index in [0.29, 0.717) is 16.6 Å². The lowest BCUT2D eigenvalue weighted by Crippen LogP contribution is -2.24. The Bertz CT molecular complexity index is 1360. The monoisotopic (exact) mass is 361 g/mol. The molecule has 136 valence electrons. The molecule has 0 atom stereocenters. The highest BCUT2D eigenvalue weighted by Gasteiger charge is 2.17. The standard InChI is InChI=1S/C22H21N2O3/c1-23(2)15-6-7-16-20(11-15)27-22(25)17-10-14-9-13-5-4-8-24(3)18(13)12-19(14)26-21(16)17/h6-7,9-12H,4-5,8H2,1-3H3/q+1. The van der Waals surface area contributed by atoms with E-state index in [0.717, 1.165) is 41.1 Å². The summed E-state index contributed by atoms with van der Waals surface area (Å²) in [5.74, 6) is 0. The summed E-state index contributed by atoms with van der Waals surface area (Å²) in [4.78, 5) is 14.9. The summed E-state index contributed by atoms with van der Waals surface area (Å²) in [6.45, 7) is 1.05. The van der Waals surface area contributed by atoms with E-state index in [-0.39, 0.29) is 5.63 Å². The molecule has 1 aliphatic rings. The van der Waals surface area contributed by atoms with Gasteiger partial charge in [-0.2, -0.15) is 0 Å². The van der Waals surface area contributed by atoms with E-state index in [1.807, 2.05) is 42.9 Å². The molecule has 0 saturated heterocycles. The Labute approximate surface area is 155 Å². The van der Waals surface area contributed by atoms with Gasteiger partial charge in [0.15, 0.2) is 5.58 Å². The molecule has 27 heavy (non-hydrogen) atoms. The van der Waals surface area contributed by atoms with Gasteiger partial charge in [-0.25, -0.2) is 9.37 Å². The molecular weight excluding hydrogens is 340 g/mol. The Balaban J connectivity index is 1.89. The quantitative estimate of drug-likeness (QED) is 0.209. The van der Waals surface area contributed by atoms with E-state index in [2.05, 4.69) is 24.1 Å². The summed E-state index contributed by atoms with van der Waals surface area (Å²) >= 11 is 0. The lowest BCUT2D eigenvalue weighted by molar-refractivity contribution is 0.563. The zero-order chi connectivity index (χ0) is 18.7. The summed E-state index contributed by atoms with van der Waals surface area (Å²) in [5, 5.41) is 3.20. The molecule has 5 nitrogen and oxygen atoms in total. The van der Waals surface area contributed by atoms with Gasteiger partial charge in [-0.05, 0) is 36.6 Å². The molecule has 0 unspecified atom stereocenters. The van der Waals surface area contributed by atoms with Crippen molar-refractivity contribution in [2.45, 2.75) is 12.8 Å². The molecule has 0 aliphatic carbocycles. The van der Waals surface area contributed by atoms with Crippen molar-refractivity contribution in [3.05, 3.63) is 57.7 Å². The van der Waals surface area contributed by atoms with Crippen molar-refractivity contribution < 1.29 is 8.83 Å². The maximum Gasteiger partial charge on any atom is 0.347 e. The van der Waals surface area contributed by atoms with Crippen LogP contribution < -0.4 is 20.5 Å². The second-order valence-electron chi connectivity index (χ2n) is 7.50. The fourth-order valence-corrected chi connectivity index (χ4v) is 3.97. The summed E-state index contributed by atoms with van der Waals surface area (Å²) in [5.41, 5.74) is 4.05. The van der Waals surface area contributed by atoms with Gasteiger partial charge in [0, 0.05) is 36.8 Å². The van der Waals surface area contributed by atoms with Crippen LogP contribution in [-0.4, -0.2) is 27.7 Å². The zero-order valence-corrected chi connectivity index (χ0v) is 15.7. The summed E-state index contributed by atoms with van der Waals surface area (Å²) in [7, 11) is 6.02. The van der Waals surface area contributed by atoms with Gasteiger partial charge in [0.05, 0.1) is 11.5 Å². The van der Waals surface area contributed by atoms with E-state index >= 15 is 0 Å². The molecule has 1 aliphatic heterocycles. The minimum absolute atomic E-state index is 0.367. The van der Waals surface area contributed by atoms with E-state index < -0.39 is 0 Å². The Hall–Kier alpha value is -3.08. The van der Waals surface area contributed by atoms with Gasteiger partial charge in [-0.15, -0.1) is 0 Å². The molecule has 0 bridgehead atoms. The number of aryl methyl sites for hydroxylation is 1. The molecule has 5 heteroatoms. The zero-order valence-electron chi connectivity index (χ0n) is 15.7. The van der Waals surface area contributed by atoms with Gasteiger partial charge >= 0.3 is 5.63 Å². The van der Waals surface area contributed by atoms with Crippen LogP contribution in [0.2, 0.25) is 0 Å². The van der Waals surface area contributed by atoms with Crippen LogP contribution >= 0.6 is 0 Å². The lowest BCUT2D eigenvalue weighted by atomic mass is 9.99. The van der Waals surface area contributed by atoms with Gasteiger partial charge < -0.3 is 13.7 Å². The third-order valence-electron chi connectivity index (χ3n) is 5.47. The molecule has 0 saturated carbocycles. The van der Waals surface area contributed by atoms with Crippen LogP contribution in [0.5, 0.6) is 0 Å². The van der Waals surface area contributed by atoms with E-state index in [1.54, 1.807) is 0 Å². The third kappa shape index (κ3) is 2.46. The predicted molar refractivity (Wildman–Crippen MR) is 108 cm³/mol. The SMILES string of the molecule is CN1CCCc2cc3cc4c(=O)oc5cc(=[N+](C)C)ccc5c4oc3cc21. The van der Waals surface area contributed by atoms with Crippen molar-refractivity contribution in [3.8, 4) is 0 Å². The molecule has 5 rings (SSSR count). The number of anilines is 1. The fraction of sp³-hybridized carbons (Fsp3) is 0.273. The number of nitrogens with zero attached hydrogens (tertiary/aromatic N) is 2. The summed E-state index contributed by atoms with van der Waals surface area (Å²) in [6.07, 6.45) is 2.19. The van der Waals surface area contributed by atoms with Crippen LogP contribution in [0.1, 0.15) is 12.0 Å². The summed E-state index contributed by atoms with van der Waals surface area (Å²) in [6, 6.07) is 12.0. The molecule has 4 aromatic rings. The highest BCUT2D eigenvalue weighted by Crippen LogP contribution is 2.33. The lowest BCUT2D eigenvalue weighted by Gasteiger charge is -2.27. The van der Waals surface area contributed by atoms with Crippen LogP contribution in [0.4, 0.5) is 5.69 Å². The second-order valence-corrected chi connectivity index (χ2v) is 7.50. The highest BCUT2D eigenvalue weighted by atomic mass is 16.4. The van der Waals surface area contributed by atoms with Crippen LogP contribution in [0.3, 0.4) is 0 Å². The minimum Gasteiger partial charge on any atom is -0.455 e. The van der Waals surface area contributed by atoms with Crippen LogP contribution in [0.25, 0.3) is 32.9 Å². The van der Waals surface area contributed by atoms with Crippen molar-refractivity contribution in [2.75, 3.05) is 32.6 Å². The van der Waals surface area contributed by atoms with Crippen LogP contribution in [0.15, 0.2) is 50.0 Å².